The van der Waals surface area contributed by atoms with Gasteiger partial charge in [-0.15, -0.1) is 0 Å². The van der Waals surface area contributed by atoms with Gasteiger partial charge in [0.1, 0.15) is 0 Å². The minimum Gasteiger partial charge on any atom is -0.465 e. The molecule has 2 aromatic rings. The van der Waals surface area contributed by atoms with Crippen molar-refractivity contribution >= 4 is 17.6 Å². The van der Waals surface area contributed by atoms with Gasteiger partial charge >= 0.3 is 5.97 Å². The molecule has 0 aliphatic carbocycles. The molecule has 0 bridgehead atoms. The number of methoxy groups -OCH3 is 1. The summed E-state index contributed by atoms with van der Waals surface area (Å²) in [5.41, 5.74) is 2.36. The van der Waals surface area contributed by atoms with Crippen molar-refractivity contribution in [2.45, 2.75) is 32.9 Å². The lowest BCUT2D eigenvalue weighted by Crippen LogP contribution is -2.42. The summed E-state index contributed by atoms with van der Waals surface area (Å²) in [6, 6.07) is 16.5. The Kier molecular flexibility index (Phi) is 7.36. The van der Waals surface area contributed by atoms with Crippen molar-refractivity contribution in [1.29, 1.82) is 0 Å². The molecule has 1 N–H and O–H groups in total. The van der Waals surface area contributed by atoms with E-state index < -0.39 is 0 Å². The molecule has 0 aromatic heterocycles. The largest absolute Gasteiger partial charge is 0.465 e. The number of anilines is 1. The summed E-state index contributed by atoms with van der Waals surface area (Å²) >= 11 is 0. The van der Waals surface area contributed by atoms with Crippen LogP contribution in [0.5, 0.6) is 0 Å². The molecule has 0 fully saturated rings. The molecule has 0 spiro atoms. The predicted molar refractivity (Wildman–Crippen MR) is 103 cm³/mol. The second-order valence-electron chi connectivity index (χ2n) is 6.19. The lowest BCUT2D eigenvalue weighted by molar-refractivity contribution is -0.121. The van der Waals surface area contributed by atoms with Crippen molar-refractivity contribution in [3.05, 3.63) is 65.7 Å². The molecule has 5 nitrogen and oxygen atoms in total. The first-order valence-electron chi connectivity index (χ1n) is 8.82. The average molecular weight is 354 g/mol. The summed E-state index contributed by atoms with van der Waals surface area (Å²) in [5.74, 6) is -0.381. The van der Waals surface area contributed by atoms with Crippen LogP contribution in [0, 0.1) is 0 Å². The highest BCUT2D eigenvalue weighted by Crippen LogP contribution is 2.13. The van der Waals surface area contributed by atoms with Gasteiger partial charge in [-0.05, 0) is 49.7 Å². The standard InChI is InChI=1S/C21H26N2O3/c1-4-14-23(15-17-10-12-18(13-11-17)21(25)26-3)16(2)20(24)22-19-8-6-5-7-9-19/h5-13,16H,4,14-15H2,1-3H3,(H,22,24). The first-order chi connectivity index (χ1) is 12.5. The second kappa shape index (κ2) is 9.73. The molecule has 0 saturated carbocycles. The van der Waals surface area contributed by atoms with Gasteiger partial charge in [-0.2, -0.15) is 0 Å². The minimum absolute atomic E-state index is 0.0316. The van der Waals surface area contributed by atoms with Crippen molar-refractivity contribution in [3.8, 4) is 0 Å². The Labute approximate surface area is 155 Å². The first kappa shape index (κ1) is 19.7. The molecule has 0 heterocycles. The fourth-order valence-electron chi connectivity index (χ4n) is 2.73. The lowest BCUT2D eigenvalue weighted by Gasteiger charge is -2.28. The van der Waals surface area contributed by atoms with Crippen LogP contribution < -0.4 is 5.32 Å². The smallest absolute Gasteiger partial charge is 0.337 e. The summed E-state index contributed by atoms with van der Waals surface area (Å²) in [5, 5.41) is 2.96. The third-order valence-electron chi connectivity index (χ3n) is 4.24. The first-order valence-corrected chi connectivity index (χ1v) is 8.82. The van der Waals surface area contributed by atoms with E-state index in [-0.39, 0.29) is 17.9 Å². The van der Waals surface area contributed by atoms with E-state index in [1.807, 2.05) is 49.4 Å². The van der Waals surface area contributed by atoms with Crippen LogP contribution >= 0.6 is 0 Å². The fourth-order valence-corrected chi connectivity index (χ4v) is 2.73. The van der Waals surface area contributed by atoms with E-state index in [4.69, 9.17) is 4.74 Å². The number of rotatable bonds is 8. The van der Waals surface area contributed by atoms with Gasteiger partial charge in [-0.25, -0.2) is 4.79 Å². The van der Waals surface area contributed by atoms with Crippen molar-refractivity contribution in [3.63, 3.8) is 0 Å². The van der Waals surface area contributed by atoms with Gasteiger partial charge < -0.3 is 10.1 Å². The van der Waals surface area contributed by atoms with Crippen LogP contribution in [0.25, 0.3) is 0 Å². The topological polar surface area (TPSA) is 58.6 Å². The SMILES string of the molecule is CCCN(Cc1ccc(C(=O)OC)cc1)C(C)C(=O)Nc1ccccc1. The maximum atomic E-state index is 12.6. The molecular formula is C21H26N2O3. The number of carbonyl (C=O) groups is 2. The number of ether oxygens (including phenoxy) is 1. The normalized spacial score (nSPS) is 11.8. The number of hydrogen-bond donors (Lipinski definition) is 1. The fraction of sp³-hybridized carbons (Fsp3) is 0.333. The van der Waals surface area contributed by atoms with Gasteiger partial charge in [0.05, 0.1) is 18.7 Å². The highest BCUT2D eigenvalue weighted by molar-refractivity contribution is 5.94. The lowest BCUT2D eigenvalue weighted by atomic mass is 10.1. The van der Waals surface area contributed by atoms with Gasteiger partial charge in [0, 0.05) is 12.2 Å². The molecule has 0 saturated heterocycles. The number of nitrogens with zero attached hydrogens (tertiary/aromatic N) is 1. The maximum absolute atomic E-state index is 12.6. The summed E-state index contributed by atoms with van der Waals surface area (Å²) in [6.07, 6.45) is 0.948. The van der Waals surface area contributed by atoms with Crippen LogP contribution in [-0.2, 0) is 16.1 Å². The van der Waals surface area contributed by atoms with Gasteiger partial charge in [0.25, 0.3) is 0 Å². The van der Waals surface area contributed by atoms with E-state index in [1.54, 1.807) is 12.1 Å². The molecule has 2 rings (SSSR count). The quantitative estimate of drug-likeness (QED) is 0.734. The third kappa shape index (κ3) is 5.43. The minimum atomic E-state index is -0.349. The molecule has 138 valence electrons. The molecule has 5 heteroatoms. The van der Waals surface area contributed by atoms with Crippen LogP contribution in [0.1, 0.15) is 36.2 Å². The van der Waals surface area contributed by atoms with Gasteiger partial charge in [0.15, 0.2) is 0 Å². The number of carbonyl (C=O) groups excluding carboxylic acids is 2. The molecule has 0 radical (unpaired) electrons. The van der Waals surface area contributed by atoms with Crippen molar-refractivity contribution < 1.29 is 14.3 Å². The highest BCUT2D eigenvalue weighted by atomic mass is 16.5. The zero-order chi connectivity index (χ0) is 18.9. The molecule has 2 aromatic carbocycles. The summed E-state index contributed by atoms with van der Waals surface area (Å²) in [6.45, 7) is 5.45. The summed E-state index contributed by atoms with van der Waals surface area (Å²) in [7, 11) is 1.37. The van der Waals surface area contributed by atoms with E-state index in [0.717, 1.165) is 24.2 Å². The van der Waals surface area contributed by atoms with E-state index in [1.165, 1.54) is 7.11 Å². The Morgan fingerprint density at radius 2 is 1.73 bits per heavy atom. The zero-order valence-corrected chi connectivity index (χ0v) is 15.6. The van der Waals surface area contributed by atoms with E-state index >= 15 is 0 Å². The number of nitrogens with one attached hydrogen (secondary N) is 1. The average Bonchev–Trinajstić information content (AvgIpc) is 2.67. The Bertz CT molecular complexity index is 714. The summed E-state index contributed by atoms with van der Waals surface area (Å²) < 4.78 is 4.72. The van der Waals surface area contributed by atoms with Crippen LogP contribution in [0.3, 0.4) is 0 Å². The van der Waals surface area contributed by atoms with Gasteiger partial charge in [-0.3, -0.25) is 9.69 Å². The Balaban J connectivity index is 2.04. The molecule has 1 unspecified atom stereocenters. The van der Waals surface area contributed by atoms with Crippen molar-refractivity contribution in [2.24, 2.45) is 0 Å². The number of amides is 1. The van der Waals surface area contributed by atoms with Crippen LogP contribution in [0.4, 0.5) is 5.69 Å². The maximum Gasteiger partial charge on any atom is 0.337 e. The van der Waals surface area contributed by atoms with Gasteiger partial charge in [0.2, 0.25) is 5.91 Å². The predicted octanol–water partition coefficient (Wildman–Crippen LogP) is 3.71. The van der Waals surface area contributed by atoms with E-state index in [0.29, 0.717) is 12.1 Å². The number of esters is 1. The van der Waals surface area contributed by atoms with E-state index in [9.17, 15) is 9.59 Å². The number of benzene rings is 2. The second-order valence-corrected chi connectivity index (χ2v) is 6.19. The van der Waals surface area contributed by atoms with E-state index in [2.05, 4.69) is 17.1 Å². The number of para-hydroxylation sites is 1. The Hall–Kier alpha value is -2.66. The van der Waals surface area contributed by atoms with Crippen LogP contribution in [-0.4, -0.2) is 36.5 Å². The third-order valence-corrected chi connectivity index (χ3v) is 4.24. The Morgan fingerprint density at radius 3 is 2.31 bits per heavy atom. The summed E-state index contributed by atoms with van der Waals surface area (Å²) in [4.78, 5) is 26.3. The molecular weight excluding hydrogens is 328 g/mol. The van der Waals surface area contributed by atoms with Gasteiger partial charge in [-0.1, -0.05) is 37.3 Å². The van der Waals surface area contributed by atoms with Crippen LogP contribution in [0.15, 0.2) is 54.6 Å². The zero-order valence-electron chi connectivity index (χ0n) is 15.6. The number of hydrogen-bond acceptors (Lipinski definition) is 4. The molecule has 1 atom stereocenters. The van der Waals surface area contributed by atoms with Crippen molar-refractivity contribution in [2.75, 3.05) is 19.0 Å². The molecule has 0 aliphatic heterocycles. The molecule has 26 heavy (non-hydrogen) atoms. The van der Waals surface area contributed by atoms with Crippen LogP contribution in [0.2, 0.25) is 0 Å². The molecule has 0 aliphatic rings. The molecule has 1 amide bonds. The highest BCUT2D eigenvalue weighted by Gasteiger charge is 2.21. The van der Waals surface area contributed by atoms with Crippen molar-refractivity contribution in [1.82, 2.24) is 4.90 Å². The monoisotopic (exact) mass is 354 g/mol. The Morgan fingerprint density at radius 1 is 1.08 bits per heavy atom.